The predicted octanol–water partition coefficient (Wildman–Crippen LogP) is 2.61. The Morgan fingerprint density at radius 3 is 2.78 bits per heavy atom. The summed E-state index contributed by atoms with van der Waals surface area (Å²) in [5, 5.41) is 23.2. The first-order chi connectivity index (χ1) is 11.0. The van der Waals surface area contributed by atoms with Crippen LogP contribution in [-0.2, 0) is 4.84 Å². The van der Waals surface area contributed by atoms with Gasteiger partial charge in [-0.05, 0) is 24.3 Å². The molecule has 0 unspecified atom stereocenters. The van der Waals surface area contributed by atoms with Crippen molar-refractivity contribution < 1.29 is 14.9 Å². The first kappa shape index (κ1) is 15.3. The molecule has 0 spiro atoms. The zero-order chi connectivity index (χ0) is 16.6. The van der Waals surface area contributed by atoms with E-state index in [2.05, 4.69) is 10.5 Å². The van der Waals surface area contributed by atoms with Crippen molar-refractivity contribution in [3.05, 3.63) is 68.2 Å². The lowest BCUT2D eigenvalue weighted by molar-refractivity contribution is -0.398. The van der Waals surface area contributed by atoms with Crippen LogP contribution in [0.2, 0.25) is 5.02 Å². The van der Waals surface area contributed by atoms with Crippen LogP contribution < -0.4 is 10.6 Å². The maximum absolute atomic E-state index is 12.2. The van der Waals surface area contributed by atoms with Gasteiger partial charge in [0, 0.05) is 22.2 Å². The summed E-state index contributed by atoms with van der Waals surface area (Å²) in [5.41, 5.74) is 3.86. The van der Waals surface area contributed by atoms with Crippen LogP contribution in [0.15, 0.2) is 41.4 Å². The molecule has 1 heterocycles. The van der Waals surface area contributed by atoms with Gasteiger partial charge in [0.2, 0.25) is 6.23 Å². The smallest absolute Gasteiger partial charge is 0.263 e. The summed E-state index contributed by atoms with van der Waals surface area (Å²) >= 11 is 5.86. The molecule has 8 heteroatoms. The molecule has 0 aromatic heterocycles. The number of rotatable bonds is 3. The van der Waals surface area contributed by atoms with Gasteiger partial charge in [-0.25, -0.2) is 15.3 Å². The molecular formula is C15H11ClN3O4-. The Morgan fingerprint density at radius 1 is 1.35 bits per heavy atom. The van der Waals surface area contributed by atoms with Crippen LogP contribution in [0.5, 0.6) is 5.75 Å². The quantitative estimate of drug-likeness (QED) is 0.688. The first-order valence-electron chi connectivity index (χ1n) is 6.67. The number of nitro groups is 1. The second-order valence-corrected chi connectivity index (χ2v) is 5.40. The van der Waals surface area contributed by atoms with Crippen molar-refractivity contribution in [2.75, 3.05) is 0 Å². The lowest BCUT2D eigenvalue weighted by atomic mass is 10.1. The van der Waals surface area contributed by atoms with Gasteiger partial charge in [0.15, 0.2) is 5.84 Å². The molecule has 2 aromatic rings. The second-order valence-electron chi connectivity index (χ2n) is 4.97. The van der Waals surface area contributed by atoms with E-state index in [1.807, 2.05) is 31.2 Å². The van der Waals surface area contributed by atoms with Crippen LogP contribution in [0.4, 0.5) is 5.69 Å². The number of hydroxylamine groups is 1. The maximum Gasteiger partial charge on any atom is 0.263 e. The highest BCUT2D eigenvalue weighted by Gasteiger charge is 2.25. The van der Waals surface area contributed by atoms with Crippen molar-refractivity contribution in [1.29, 1.82) is 0 Å². The van der Waals surface area contributed by atoms with Gasteiger partial charge in [0.1, 0.15) is 0 Å². The first-order valence-corrected chi connectivity index (χ1v) is 7.05. The largest absolute Gasteiger partial charge is 0.868 e. The Bertz CT molecular complexity index is 822. The van der Waals surface area contributed by atoms with E-state index in [0.29, 0.717) is 5.84 Å². The third-order valence-corrected chi connectivity index (χ3v) is 3.66. The molecule has 118 valence electrons. The fraction of sp³-hybridized carbons (Fsp3) is 0.133. The number of nitro benzene ring substituents is 1. The summed E-state index contributed by atoms with van der Waals surface area (Å²) in [5.74, 6) is -0.309. The van der Waals surface area contributed by atoms with Gasteiger partial charge < -0.3 is 5.11 Å². The fourth-order valence-corrected chi connectivity index (χ4v) is 2.52. The van der Waals surface area contributed by atoms with Gasteiger partial charge >= 0.3 is 0 Å². The Labute approximate surface area is 136 Å². The summed E-state index contributed by atoms with van der Waals surface area (Å²) in [4.78, 5) is 19.7. The van der Waals surface area contributed by atoms with E-state index in [4.69, 9.17) is 16.4 Å². The number of nitrogens with zero attached hydrogens (tertiary/aromatic N) is 2. The van der Waals surface area contributed by atoms with Gasteiger partial charge in [-0.2, -0.15) is 0 Å². The average molecular weight is 333 g/mol. The van der Waals surface area contributed by atoms with E-state index in [1.54, 1.807) is 0 Å². The number of nitrogens with one attached hydrogen (secondary N) is 1. The van der Waals surface area contributed by atoms with Crippen LogP contribution in [0.1, 0.15) is 22.9 Å². The monoisotopic (exact) mass is 332 g/mol. The summed E-state index contributed by atoms with van der Waals surface area (Å²) in [6.07, 6.45) is -0.991. The number of aliphatic imine (C=N–C) groups is 1. The highest BCUT2D eigenvalue weighted by molar-refractivity contribution is 6.31. The molecule has 0 radical (unpaired) electrons. The number of hydrogen-bond donors (Lipinski definition) is 1. The molecule has 1 atom stereocenters. The molecular weight excluding hydrogens is 322 g/mol. The predicted molar refractivity (Wildman–Crippen MR) is 82.2 cm³/mol. The van der Waals surface area contributed by atoms with Crippen molar-refractivity contribution in [1.82, 2.24) is 5.48 Å². The van der Waals surface area contributed by atoms with E-state index in [9.17, 15) is 15.2 Å². The summed E-state index contributed by atoms with van der Waals surface area (Å²) in [6.45, 7) is 1.91. The molecule has 0 saturated carbocycles. The molecule has 1 N–H and O–H groups in total. The second kappa shape index (κ2) is 5.86. The molecule has 0 aliphatic carbocycles. The van der Waals surface area contributed by atoms with E-state index >= 15 is 0 Å². The van der Waals surface area contributed by atoms with Crippen LogP contribution in [0, 0.1) is 17.0 Å². The molecule has 0 fully saturated rings. The number of hydrogen-bond acceptors (Lipinski definition) is 6. The van der Waals surface area contributed by atoms with Crippen molar-refractivity contribution in [2.24, 2.45) is 4.99 Å². The number of amidine groups is 1. The minimum absolute atomic E-state index is 0.0142. The normalized spacial score (nSPS) is 16.8. The van der Waals surface area contributed by atoms with Gasteiger partial charge in [-0.3, -0.25) is 10.1 Å². The zero-order valence-corrected chi connectivity index (χ0v) is 12.7. The van der Waals surface area contributed by atoms with Crippen molar-refractivity contribution in [3.8, 4) is 5.75 Å². The van der Waals surface area contributed by atoms with E-state index in [1.165, 1.54) is 6.07 Å². The molecule has 23 heavy (non-hydrogen) atoms. The average Bonchev–Trinajstić information content (AvgIpc) is 2.99. The Kier molecular flexibility index (Phi) is 3.89. The molecule has 0 amide bonds. The number of halogens is 1. The Balaban J connectivity index is 2.02. The van der Waals surface area contributed by atoms with E-state index < -0.39 is 22.6 Å². The highest BCUT2D eigenvalue weighted by atomic mass is 35.5. The summed E-state index contributed by atoms with van der Waals surface area (Å²) in [7, 11) is 0. The molecule has 7 nitrogen and oxygen atoms in total. The van der Waals surface area contributed by atoms with Crippen molar-refractivity contribution in [2.45, 2.75) is 13.2 Å². The zero-order valence-electron chi connectivity index (χ0n) is 11.9. The van der Waals surface area contributed by atoms with Gasteiger partial charge in [-0.15, -0.1) is 0 Å². The third kappa shape index (κ3) is 2.84. The van der Waals surface area contributed by atoms with Crippen molar-refractivity contribution in [3.63, 3.8) is 0 Å². The molecule has 3 rings (SSSR count). The van der Waals surface area contributed by atoms with Gasteiger partial charge in [0.05, 0.1) is 4.92 Å². The van der Waals surface area contributed by atoms with Crippen LogP contribution in [0.3, 0.4) is 0 Å². The summed E-state index contributed by atoms with van der Waals surface area (Å²) in [6, 6.07) is 9.85. The molecule has 1 aliphatic rings. The lowest BCUT2D eigenvalue weighted by Gasteiger charge is -2.16. The summed E-state index contributed by atoms with van der Waals surface area (Å²) < 4.78 is 0. The highest BCUT2D eigenvalue weighted by Crippen LogP contribution is 2.37. The standard InChI is InChI=1S/C15H12ClN3O4/c1-8-4-2-3-5-10(8)14-17-15(23-18-14)11-6-9(16)7-12(13(11)20)19(21)22/h2-7,15,20H,1H3,(H,17,18)/p-1/t15-/m1/s1. The van der Waals surface area contributed by atoms with Gasteiger partial charge in [0.25, 0.3) is 5.69 Å². The Hall–Kier alpha value is -2.64. The van der Waals surface area contributed by atoms with Gasteiger partial charge in [-0.1, -0.05) is 35.9 Å². The fourth-order valence-electron chi connectivity index (χ4n) is 2.30. The number of aryl methyl sites for hydroxylation is 1. The Morgan fingerprint density at radius 2 is 2.09 bits per heavy atom. The van der Waals surface area contributed by atoms with Crippen LogP contribution in [0.25, 0.3) is 0 Å². The minimum Gasteiger partial charge on any atom is -0.868 e. The van der Waals surface area contributed by atoms with Crippen LogP contribution in [-0.4, -0.2) is 10.8 Å². The third-order valence-electron chi connectivity index (χ3n) is 3.44. The molecule has 2 aromatic carbocycles. The lowest BCUT2D eigenvalue weighted by Crippen LogP contribution is -2.19. The molecule has 0 bridgehead atoms. The van der Waals surface area contributed by atoms with Crippen molar-refractivity contribution >= 4 is 23.1 Å². The number of benzene rings is 2. The molecule has 1 aliphatic heterocycles. The topological polar surface area (TPSA) is 99.8 Å². The minimum atomic E-state index is -0.991. The van der Waals surface area contributed by atoms with E-state index in [-0.39, 0.29) is 10.6 Å². The van der Waals surface area contributed by atoms with Crippen LogP contribution >= 0.6 is 11.6 Å². The van der Waals surface area contributed by atoms with E-state index in [0.717, 1.165) is 17.2 Å². The maximum atomic E-state index is 12.2. The SMILES string of the molecule is Cc1ccccc1C1=N[C@@H](c2cc(Cl)cc([N+](=O)[O-])c2[O-])ON1. The molecule has 0 saturated heterocycles.